The first kappa shape index (κ1) is 12.4. The van der Waals surface area contributed by atoms with E-state index in [1.807, 2.05) is 42.5 Å². The van der Waals surface area contributed by atoms with Gasteiger partial charge in [-0.1, -0.05) is 42.5 Å². The van der Waals surface area contributed by atoms with Gasteiger partial charge in [-0.2, -0.15) is 0 Å². The summed E-state index contributed by atoms with van der Waals surface area (Å²) in [5.74, 6) is 0.781. The molecule has 0 N–H and O–H groups in total. The summed E-state index contributed by atoms with van der Waals surface area (Å²) in [6, 6.07) is 20.9. The highest BCUT2D eigenvalue weighted by molar-refractivity contribution is 6.16. The number of methoxy groups -OCH3 is 1. The third kappa shape index (κ3) is 2.16. The van der Waals surface area contributed by atoms with Crippen molar-refractivity contribution in [2.45, 2.75) is 0 Å². The van der Waals surface area contributed by atoms with Crippen molar-refractivity contribution in [3.05, 3.63) is 77.9 Å². The predicted molar refractivity (Wildman–Crippen MR) is 80.4 cm³/mol. The number of hydrogen-bond acceptors (Lipinski definition) is 2. The maximum absolute atomic E-state index is 12.6. The van der Waals surface area contributed by atoms with Crippen molar-refractivity contribution in [3.63, 3.8) is 0 Å². The van der Waals surface area contributed by atoms with Crippen LogP contribution in [0.4, 0.5) is 0 Å². The van der Waals surface area contributed by atoms with E-state index in [1.165, 1.54) is 0 Å². The number of carbonyl (C=O) groups excluding carboxylic acids is 1. The van der Waals surface area contributed by atoms with E-state index < -0.39 is 0 Å². The van der Waals surface area contributed by atoms with Crippen LogP contribution in [0.15, 0.2) is 66.7 Å². The third-order valence-corrected chi connectivity index (χ3v) is 3.39. The Labute approximate surface area is 117 Å². The van der Waals surface area contributed by atoms with Gasteiger partial charge in [0.05, 0.1) is 7.11 Å². The molecule has 0 radical (unpaired) electrons. The van der Waals surface area contributed by atoms with E-state index in [2.05, 4.69) is 0 Å². The quantitative estimate of drug-likeness (QED) is 0.665. The van der Waals surface area contributed by atoms with E-state index in [4.69, 9.17) is 4.74 Å². The Morgan fingerprint density at radius 2 is 1.55 bits per heavy atom. The molecule has 98 valence electrons. The van der Waals surface area contributed by atoms with Crippen molar-refractivity contribution in [2.75, 3.05) is 7.11 Å². The first-order chi connectivity index (χ1) is 9.79. The number of hydrogen-bond donors (Lipinski definition) is 0. The zero-order valence-corrected chi connectivity index (χ0v) is 11.2. The summed E-state index contributed by atoms with van der Waals surface area (Å²) >= 11 is 0. The molecule has 2 heteroatoms. The number of fused-ring (bicyclic) bond motifs is 1. The van der Waals surface area contributed by atoms with Crippen molar-refractivity contribution in [3.8, 4) is 5.75 Å². The monoisotopic (exact) mass is 262 g/mol. The SMILES string of the molecule is COc1ccc(C(=O)c2cccc3ccccc23)cc1. The van der Waals surface area contributed by atoms with E-state index in [9.17, 15) is 4.79 Å². The fourth-order valence-corrected chi connectivity index (χ4v) is 2.32. The maximum Gasteiger partial charge on any atom is 0.193 e. The first-order valence-corrected chi connectivity index (χ1v) is 6.46. The van der Waals surface area contributed by atoms with Gasteiger partial charge in [0.2, 0.25) is 0 Å². The summed E-state index contributed by atoms with van der Waals surface area (Å²) in [6.45, 7) is 0. The van der Waals surface area contributed by atoms with Gasteiger partial charge in [0.15, 0.2) is 5.78 Å². The fourth-order valence-electron chi connectivity index (χ4n) is 2.32. The molecule has 3 aromatic carbocycles. The van der Waals surface area contributed by atoms with Gasteiger partial charge in [0.25, 0.3) is 0 Å². The molecule has 0 fully saturated rings. The average Bonchev–Trinajstić information content (AvgIpc) is 2.54. The van der Waals surface area contributed by atoms with Crippen LogP contribution in [0.1, 0.15) is 15.9 Å². The van der Waals surface area contributed by atoms with Crippen molar-refractivity contribution < 1.29 is 9.53 Å². The second-order valence-corrected chi connectivity index (χ2v) is 4.58. The molecule has 3 rings (SSSR count). The molecule has 0 aromatic heterocycles. The maximum atomic E-state index is 12.6. The Hall–Kier alpha value is -2.61. The average molecular weight is 262 g/mol. The van der Waals surface area contributed by atoms with Crippen LogP contribution in [0.2, 0.25) is 0 Å². The zero-order chi connectivity index (χ0) is 13.9. The Balaban J connectivity index is 2.07. The lowest BCUT2D eigenvalue weighted by atomic mass is 9.97. The Morgan fingerprint density at radius 1 is 0.850 bits per heavy atom. The molecule has 0 bridgehead atoms. The molecular formula is C18H14O2. The van der Waals surface area contributed by atoms with Gasteiger partial charge in [-0.05, 0) is 35.0 Å². The normalized spacial score (nSPS) is 10.4. The summed E-state index contributed by atoms with van der Waals surface area (Å²) in [7, 11) is 1.61. The highest BCUT2D eigenvalue weighted by atomic mass is 16.5. The molecule has 0 amide bonds. The lowest BCUT2D eigenvalue weighted by molar-refractivity contribution is 0.104. The van der Waals surface area contributed by atoms with Crippen molar-refractivity contribution in [1.82, 2.24) is 0 Å². The van der Waals surface area contributed by atoms with Crippen LogP contribution in [-0.2, 0) is 0 Å². The Morgan fingerprint density at radius 3 is 2.30 bits per heavy atom. The van der Waals surface area contributed by atoms with E-state index in [1.54, 1.807) is 31.4 Å². The van der Waals surface area contributed by atoms with Gasteiger partial charge in [0, 0.05) is 11.1 Å². The van der Waals surface area contributed by atoms with Crippen LogP contribution in [0, 0.1) is 0 Å². The minimum atomic E-state index is 0.0319. The molecule has 3 aromatic rings. The third-order valence-electron chi connectivity index (χ3n) is 3.39. The van der Waals surface area contributed by atoms with Gasteiger partial charge >= 0.3 is 0 Å². The van der Waals surface area contributed by atoms with E-state index in [0.29, 0.717) is 5.56 Å². The lowest BCUT2D eigenvalue weighted by Gasteiger charge is -2.06. The molecule has 0 spiro atoms. The van der Waals surface area contributed by atoms with Gasteiger partial charge in [-0.15, -0.1) is 0 Å². The summed E-state index contributed by atoms with van der Waals surface area (Å²) < 4.78 is 5.11. The van der Waals surface area contributed by atoms with Crippen LogP contribution in [0.5, 0.6) is 5.75 Å². The van der Waals surface area contributed by atoms with Crippen LogP contribution in [0.25, 0.3) is 10.8 Å². The molecule has 0 aliphatic heterocycles. The molecular weight excluding hydrogens is 248 g/mol. The molecule has 20 heavy (non-hydrogen) atoms. The minimum absolute atomic E-state index is 0.0319. The van der Waals surface area contributed by atoms with Crippen molar-refractivity contribution in [1.29, 1.82) is 0 Å². The van der Waals surface area contributed by atoms with E-state index in [0.717, 1.165) is 22.1 Å². The largest absolute Gasteiger partial charge is 0.497 e. The van der Waals surface area contributed by atoms with E-state index >= 15 is 0 Å². The number of ketones is 1. The summed E-state index contributed by atoms with van der Waals surface area (Å²) in [4.78, 5) is 12.6. The molecule has 2 nitrogen and oxygen atoms in total. The predicted octanol–water partition coefficient (Wildman–Crippen LogP) is 4.08. The second kappa shape index (κ2) is 5.17. The highest BCUT2D eigenvalue weighted by Gasteiger charge is 2.12. The molecule has 0 unspecified atom stereocenters. The van der Waals surface area contributed by atoms with Crippen LogP contribution in [0.3, 0.4) is 0 Å². The van der Waals surface area contributed by atoms with Gasteiger partial charge in [-0.25, -0.2) is 0 Å². The van der Waals surface area contributed by atoms with Gasteiger partial charge in [-0.3, -0.25) is 4.79 Å². The molecule has 0 saturated heterocycles. The smallest absolute Gasteiger partial charge is 0.193 e. The molecule has 0 aliphatic rings. The van der Waals surface area contributed by atoms with E-state index in [-0.39, 0.29) is 5.78 Å². The first-order valence-electron chi connectivity index (χ1n) is 6.46. The molecule has 0 aliphatic carbocycles. The van der Waals surface area contributed by atoms with Crippen molar-refractivity contribution >= 4 is 16.6 Å². The topological polar surface area (TPSA) is 26.3 Å². The zero-order valence-electron chi connectivity index (χ0n) is 11.2. The fraction of sp³-hybridized carbons (Fsp3) is 0.0556. The second-order valence-electron chi connectivity index (χ2n) is 4.58. The van der Waals surface area contributed by atoms with Crippen LogP contribution in [-0.4, -0.2) is 12.9 Å². The summed E-state index contributed by atoms with van der Waals surface area (Å²) in [5, 5.41) is 2.06. The van der Waals surface area contributed by atoms with Crippen LogP contribution < -0.4 is 4.74 Å². The van der Waals surface area contributed by atoms with Crippen LogP contribution >= 0.6 is 0 Å². The number of carbonyl (C=O) groups is 1. The molecule has 0 heterocycles. The summed E-state index contributed by atoms with van der Waals surface area (Å²) in [5.41, 5.74) is 1.40. The van der Waals surface area contributed by atoms with Crippen molar-refractivity contribution in [2.24, 2.45) is 0 Å². The molecule has 0 atom stereocenters. The summed E-state index contributed by atoms with van der Waals surface area (Å²) in [6.07, 6.45) is 0. The van der Waals surface area contributed by atoms with Gasteiger partial charge in [0.1, 0.15) is 5.75 Å². The number of benzene rings is 3. The Bertz CT molecular complexity index is 752. The number of ether oxygens (including phenoxy) is 1. The lowest BCUT2D eigenvalue weighted by Crippen LogP contribution is -2.02. The standard InChI is InChI=1S/C18H14O2/c1-20-15-11-9-14(10-12-15)18(19)17-8-4-6-13-5-2-3-7-16(13)17/h2-12H,1H3. The Kier molecular flexibility index (Phi) is 3.21. The number of rotatable bonds is 3. The molecule has 0 saturated carbocycles. The minimum Gasteiger partial charge on any atom is -0.497 e. The van der Waals surface area contributed by atoms with Gasteiger partial charge < -0.3 is 4.74 Å². The highest BCUT2D eigenvalue weighted by Crippen LogP contribution is 2.22.